The molecule has 0 saturated carbocycles. The molecule has 1 unspecified atom stereocenters. The van der Waals surface area contributed by atoms with Crippen molar-refractivity contribution >= 4 is 0 Å². The minimum atomic E-state index is 0.186. The van der Waals surface area contributed by atoms with Crippen molar-refractivity contribution in [3.8, 4) is 6.07 Å². The number of hydrogen-bond donors (Lipinski definition) is 0. The second-order valence-corrected chi connectivity index (χ2v) is 2.60. The summed E-state index contributed by atoms with van der Waals surface area (Å²) in [6, 6.07) is 9.69. The summed E-state index contributed by atoms with van der Waals surface area (Å²) in [6.45, 7) is 5.85. The fourth-order valence-electron chi connectivity index (χ4n) is 1.03. The molecule has 1 aromatic rings. The molecule has 0 aromatic heterocycles. The van der Waals surface area contributed by atoms with Gasteiger partial charge in [0, 0.05) is 0 Å². The fourth-order valence-corrected chi connectivity index (χ4v) is 1.03. The summed E-state index contributed by atoms with van der Waals surface area (Å²) in [5.74, 6) is 0.186. The van der Waals surface area contributed by atoms with Gasteiger partial charge in [-0.15, -0.1) is 0 Å². The lowest BCUT2D eigenvalue weighted by molar-refractivity contribution is 0.958. The van der Waals surface area contributed by atoms with Gasteiger partial charge >= 0.3 is 0 Å². The van der Waals surface area contributed by atoms with Crippen molar-refractivity contribution < 1.29 is 0 Å². The number of nitriles is 1. The summed E-state index contributed by atoms with van der Waals surface area (Å²) in [6.07, 6.45) is 0. The van der Waals surface area contributed by atoms with Gasteiger partial charge in [-0.3, -0.25) is 0 Å². The van der Waals surface area contributed by atoms with Crippen LogP contribution in [-0.4, -0.2) is 0 Å². The third-order valence-electron chi connectivity index (χ3n) is 1.61. The topological polar surface area (TPSA) is 23.8 Å². The molecule has 0 N–H and O–H groups in total. The highest BCUT2D eigenvalue weighted by molar-refractivity contribution is 5.39. The van der Waals surface area contributed by atoms with Gasteiger partial charge in [0.25, 0.3) is 0 Å². The highest BCUT2D eigenvalue weighted by atomic mass is 14.2. The molecule has 0 aliphatic rings. The second kappa shape index (κ2) is 3.21. The van der Waals surface area contributed by atoms with Gasteiger partial charge in [0.05, 0.1) is 11.6 Å². The second-order valence-electron chi connectivity index (χ2n) is 2.60. The molecule has 11 heavy (non-hydrogen) atoms. The molecule has 1 atom stereocenters. The van der Waals surface area contributed by atoms with Gasteiger partial charge in [-0.1, -0.05) is 25.1 Å². The highest BCUT2D eigenvalue weighted by Gasteiger charge is 2.03. The Hall–Kier alpha value is -1.29. The molecule has 0 bridgehead atoms. The lowest BCUT2D eigenvalue weighted by Crippen LogP contribution is -1.91. The number of hydrogen-bond acceptors (Lipinski definition) is 1. The third-order valence-corrected chi connectivity index (χ3v) is 1.61. The first-order valence-corrected chi connectivity index (χ1v) is 3.58. The van der Waals surface area contributed by atoms with Crippen LogP contribution < -0.4 is 0 Å². The van der Waals surface area contributed by atoms with Crippen LogP contribution in [0.3, 0.4) is 0 Å². The van der Waals surface area contributed by atoms with E-state index >= 15 is 0 Å². The molecule has 55 valence electrons. The molecule has 0 fully saturated rings. The van der Waals surface area contributed by atoms with Gasteiger partial charge in [0.1, 0.15) is 0 Å². The van der Waals surface area contributed by atoms with E-state index in [1.165, 1.54) is 0 Å². The zero-order valence-electron chi connectivity index (χ0n) is 6.54. The first kappa shape index (κ1) is 7.81. The molecule has 0 amide bonds. The molecule has 1 aromatic carbocycles. The Morgan fingerprint density at radius 3 is 2.55 bits per heavy atom. The molecule has 0 aliphatic carbocycles. The predicted molar refractivity (Wildman–Crippen MR) is 44.9 cm³/mol. The van der Waals surface area contributed by atoms with E-state index in [1.54, 1.807) is 0 Å². The van der Waals surface area contributed by atoms with Gasteiger partial charge in [0.15, 0.2) is 0 Å². The predicted octanol–water partition coefficient (Wildman–Crippen LogP) is 2.50. The summed E-state index contributed by atoms with van der Waals surface area (Å²) >= 11 is 0. The normalized spacial score (nSPS) is 9.64. The van der Waals surface area contributed by atoms with Crippen molar-refractivity contribution in [1.29, 1.82) is 5.26 Å². The summed E-state index contributed by atoms with van der Waals surface area (Å²) in [4.78, 5) is 0. The van der Waals surface area contributed by atoms with Gasteiger partial charge in [-0.05, 0) is 24.5 Å². The van der Waals surface area contributed by atoms with Crippen LogP contribution in [0.1, 0.15) is 24.0 Å². The van der Waals surface area contributed by atoms with Crippen LogP contribution in [0.4, 0.5) is 0 Å². The fraction of sp³-hybridized carbons (Fsp3) is 0.200. The minimum absolute atomic E-state index is 0.186. The quantitative estimate of drug-likeness (QED) is 0.594. The summed E-state index contributed by atoms with van der Waals surface area (Å²) in [5.41, 5.74) is 1.75. The van der Waals surface area contributed by atoms with Gasteiger partial charge in [0.2, 0.25) is 0 Å². The van der Waals surface area contributed by atoms with E-state index in [4.69, 9.17) is 5.26 Å². The van der Waals surface area contributed by atoms with Crippen molar-refractivity contribution in [2.75, 3.05) is 0 Å². The Morgan fingerprint density at radius 1 is 1.45 bits per heavy atom. The molecular formula is C10H10N. The molecule has 1 radical (unpaired) electrons. The van der Waals surface area contributed by atoms with E-state index in [0.717, 1.165) is 11.1 Å². The van der Waals surface area contributed by atoms with E-state index in [2.05, 4.69) is 13.0 Å². The third kappa shape index (κ3) is 1.59. The molecular weight excluding hydrogens is 134 g/mol. The van der Waals surface area contributed by atoms with E-state index in [9.17, 15) is 0 Å². The van der Waals surface area contributed by atoms with Crippen LogP contribution in [0.2, 0.25) is 0 Å². The van der Waals surface area contributed by atoms with Crippen LogP contribution in [0.15, 0.2) is 24.3 Å². The van der Waals surface area contributed by atoms with Crippen LogP contribution in [-0.2, 0) is 0 Å². The largest absolute Gasteiger partial charge is 0.192 e. The van der Waals surface area contributed by atoms with Crippen molar-refractivity contribution in [3.63, 3.8) is 0 Å². The number of benzene rings is 1. The Bertz CT molecular complexity index is 281. The summed E-state index contributed by atoms with van der Waals surface area (Å²) < 4.78 is 0. The zero-order valence-corrected chi connectivity index (χ0v) is 6.54. The molecule has 1 heteroatoms. The number of rotatable bonds is 1. The van der Waals surface area contributed by atoms with Crippen molar-refractivity contribution in [3.05, 3.63) is 42.3 Å². The van der Waals surface area contributed by atoms with E-state index in [0.29, 0.717) is 0 Å². The van der Waals surface area contributed by atoms with Crippen molar-refractivity contribution in [1.82, 2.24) is 0 Å². The lowest BCUT2D eigenvalue weighted by atomic mass is 9.98. The maximum Gasteiger partial charge on any atom is 0.0994 e. The van der Waals surface area contributed by atoms with Crippen LogP contribution in [0.25, 0.3) is 0 Å². The summed E-state index contributed by atoms with van der Waals surface area (Å²) in [5, 5.41) is 8.69. The Morgan fingerprint density at radius 2 is 2.09 bits per heavy atom. The number of nitrogens with zero attached hydrogens (tertiary/aromatic N) is 1. The molecule has 0 spiro atoms. The standard InChI is InChI=1S/C10H10N/c1-8(2)10-6-4-3-5-9(10)7-11/h3-6,8H,1H2,2H3. The van der Waals surface area contributed by atoms with E-state index in [-0.39, 0.29) is 5.92 Å². The first-order chi connectivity index (χ1) is 5.25. The summed E-state index contributed by atoms with van der Waals surface area (Å²) in [7, 11) is 0. The van der Waals surface area contributed by atoms with Crippen molar-refractivity contribution in [2.24, 2.45) is 0 Å². The van der Waals surface area contributed by atoms with Crippen LogP contribution in [0.5, 0.6) is 0 Å². The maximum absolute atomic E-state index is 8.69. The average molecular weight is 144 g/mol. The average Bonchev–Trinajstić information content (AvgIpc) is 2.04. The molecule has 0 heterocycles. The zero-order chi connectivity index (χ0) is 8.27. The molecule has 0 aliphatic heterocycles. The van der Waals surface area contributed by atoms with Crippen LogP contribution >= 0.6 is 0 Å². The highest BCUT2D eigenvalue weighted by Crippen LogP contribution is 2.17. The van der Waals surface area contributed by atoms with Gasteiger partial charge < -0.3 is 0 Å². The smallest absolute Gasteiger partial charge is 0.0994 e. The monoisotopic (exact) mass is 144 g/mol. The maximum atomic E-state index is 8.69. The van der Waals surface area contributed by atoms with E-state index < -0.39 is 0 Å². The lowest BCUT2D eigenvalue weighted by Gasteiger charge is -2.05. The van der Waals surface area contributed by atoms with Crippen LogP contribution in [0, 0.1) is 18.3 Å². The molecule has 0 saturated heterocycles. The Balaban J connectivity index is 3.15. The van der Waals surface area contributed by atoms with Gasteiger partial charge in [-0.2, -0.15) is 5.26 Å². The minimum Gasteiger partial charge on any atom is -0.192 e. The Labute approximate surface area is 67.3 Å². The van der Waals surface area contributed by atoms with Gasteiger partial charge in [-0.25, -0.2) is 0 Å². The molecule has 1 nitrogen and oxygen atoms in total. The molecule has 1 rings (SSSR count). The van der Waals surface area contributed by atoms with Crippen molar-refractivity contribution in [2.45, 2.75) is 12.8 Å². The SMILES string of the molecule is [CH2]C(C)c1ccccc1C#N. The Kier molecular flexibility index (Phi) is 2.28. The first-order valence-electron chi connectivity index (χ1n) is 3.58. The van der Waals surface area contributed by atoms with E-state index in [1.807, 2.05) is 31.2 Å².